The monoisotopic (exact) mass is 177 g/mol. The molecule has 1 radical (unpaired) electrons. The van der Waals surface area contributed by atoms with Gasteiger partial charge in [0.2, 0.25) is 0 Å². The Morgan fingerprint density at radius 3 is 2.15 bits per heavy atom. The maximum atomic E-state index is 11.5. The summed E-state index contributed by atoms with van der Waals surface area (Å²) in [6.45, 7) is 6.67. The lowest BCUT2D eigenvalue weighted by Gasteiger charge is -2.15. The second kappa shape index (κ2) is 3.30. The molecule has 1 rings (SSSR count). The van der Waals surface area contributed by atoms with Crippen LogP contribution >= 0.6 is 0 Å². The lowest BCUT2D eigenvalue weighted by molar-refractivity contribution is 0.0488. The van der Waals surface area contributed by atoms with Crippen LogP contribution < -0.4 is 0 Å². The Kier molecular flexibility index (Phi) is 2.52. The minimum Gasteiger partial charge on any atom is -0.382 e. The molecule has 0 unspecified atom stereocenters. The number of carbonyl (C=O) groups is 1. The van der Waals surface area contributed by atoms with Gasteiger partial charge in [0.15, 0.2) is 5.78 Å². The lowest BCUT2D eigenvalue weighted by atomic mass is 9.96. The summed E-state index contributed by atoms with van der Waals surface area (Å²) in [5, 5.41) is 9.44. The molecule has 0 aromatic heterocycles. The van der Waals surface area contributed by atoms with Crippen molar-refractivity contribution in [3.05, 3.63) is 42.3 Å². The highest BCUT2D eigenvalue weighted by Crippen LogP contribution is 2.12. The van der Waals surface area contributed by atoms with E-state index in [0.717, 1.165) is 5.56 Å². The first kappa shape index (κ1) is 9.93. The Balaban J connectivity index is 2.97. The highest BCUT2D eigenvalue weighted by molar-refractivity contribution is 6.01. The maximum absolute atomic E-state index is 11.5. The molecule has 0 amide bonds. The molecule has 69 valence electrons. The quantitative estimate of drug-likeness (QED) is 0.700. The summed E-state index contributed by atoms with van der Waals surface area (Å²) >= 11 is 0. The fraction of sp³-hybridized carbons (Fsp3) is 0.273. The molecule has 0 heterocycles. The van der Waals surface area contributed by atoms with Crippen LogP contribution in [-0.2, 0) is 0 Å². The number of benzene rings is 1. The van der Waals surface area contributed by atoms with E-state index in [1.54, 1.807) is 24.3 Å². The summed E-state index contributed by atoms with van der Waals surface area (Å²) in [6, 6.07) is 6.84. The van der Waals surface area contributed by atoms with Crippen LogP contribution in [0.1, 0.15) is 29.8 Å². The fourth-order valence-corrected chi connectivity index (χ4v) is 1.01. The van der Waals surface area contributed by atoms with Crippen molar-refractivity contribution in [1.29, 1.82) is 0 Å². The van der Waals surface area contributed by atoms with E-state index in [-0.39, 0.29) is 5.78 Å². The Bertz CT molecular complexity index is 304. The smallest absolute Gasteiger partial charge is 0.193 e. The number of rotatable bonds is 2. The molecule has 0 bridgehead atoms. The highest BCUT2D eigenvalue weighted by atomic mass is 16.3. The third-order valence-corrected chi connectivity index (χ3v) is 1.77. The molecule has 1 N–H and O–H groups in total. The summed E-state index contributed by atoms with van der Waals surface area (Å²) in [5.41, 5.74) is 0.0649. The Labute approximate surface area is 78.2 Å². The largest absolute Gasteiger partial charge is 0.382 e. The van der Waals surface area contributed by atoms with Crippen LogP contribution in [0.25, 0.3) is 0 Å². The minimum atomic E-state index is -1.30. The summed E-state index contributed by atoms with van der Waals surface area (Å²) < 4.78 is 0. The normalized spacial score (nSPS) is 11.4. The molecule has 2 heteroatoms. The molecule has 0 saturated carbocycles. The van der Waals surface area contributed by atoms with Crippen LogP contribution in [0.15, 0.2) is 24.3 Å². The molecule has 0 saturated heterocycles. The van der Waals surface area contributed by atoms with Gasteiger partial charge in [-0.1, -0.05) is 24.3 Å². The standard InChI is InChI=1S/C11H13O2/c1-8-4-6-9(7-5-8)10(12)11(2,3)13/h4-7,13H,1H2,2-3H3. The molecular formula is C11H13O2. The van der Waals surface area contributed by atoms with E-state index in [9.17, 15) is 9.90 Å². The van der Waals surface area contributed by atoms with Crippen LogP contribution in [0, 0.1) is 6.92 Å². The number of carbonyl (C=O) groups excluding carboxylic acids is 1. The van der Waals surface area contributed by atoms with E-state index >= 15 is 0 Å². The molecule has 0 atom stereocenters. The van der Waals surface area contributed by atoms with Gasteiger partial charge in [0.25, 0.3) is 0 Å². The van der Waals surface area contributed by atoms with Crippen LogP contribution in [0.5, 0.6) is 0 Å². The average Bonchev–Trinajstić information content (AvgIpc) is 2.03. The Morgan fingerprint density at radius 2 is 1.77 bits per heavy atom. The van der Waals surface area contributed by atoms with Gasteiger partial charge in [-0.2, -0.15) is 0 Å². The second-order valence-corrected chi connectivity index (χ2v) is 3.59. The van der Waals surface area contributed by atoms with Gasteiger partial charge in [0, 0.05) is 5.56 Å². The van der Waals surface area contributed by atoms with Gasteiger partial charge in [-0.3, -0.25) is 4.79 Å². The topological polar surface area (TPSA) is 37.3 Å². The molecule has 13 heavy (non-hydrogen) atoms. The summed E-state index contributed by atoms with van der Waals surface area (Å²) in [7, 11) is 0. The molecule has 0 aliphatic carbocycles. The first-order valence-corrected chi connectivity index (χ1v) is 4.10. The number of ketones is 1. The third kappa shape index (κ3) is 2.39. The van der Waals surface area contributed by atoms with E-state index in [4.69, 9.17) is 0 Å². The predicted molar refractivity (Wildman–Crippen MR) is 51.5 cm³/mol. The van der Waals surface area contributed by atoms with E-state index in [2.05, 4.69) is 6.92 Å². The Hall–Kier alpha value is -1.15. The van der Waals surface area contributed by atoms with Crippen molar-refractivity contribution < 1.29 is 9.90 Å². The van der Waals surface area contributed by atoms with Crippen molar-refractivity contribution in [2.24, 2.45) is 0 Å². The molecule has 2 nitrogen and oxygen atoms in total. The van der Waals surface area contributed by atoms with Gasteiger partial charge in [-0.25, -0.2) is 0 Å². The number of Topliss-reactive ketones (excluding diaryl/α,β-unsaturated/α-hetero) is 1. The number of aliphatic hydroxyl groups is 1. The minimum absolute atomic E-state index is 0.271. The molecule has 1 aromatic rings. The Morgan fingerprint density at radius 1 is 1.31 bits per heavy atom. The summed E-state index contributed by atoms with van der Waals surface area (Å²) in [5.74, 6) is -0.271. The van der Waals surface area contributed by atoms with Gasteiger partial charge in [0.1, 0.15) is 5.60 Å². The fourth-order valence-electron chi connectivity index (χ4n) is 1.01. The van der Waals surface area contributed by atoms with Gasteiger partial charge >= 0.3 is 0 Å². The third-order valence-electron chi connectivity index (χ3n) is 1.77. The van der Waals surface area contributed by atoms with Crippen LogP contribution in [-0.4, -0.2) is 16.5 Å². The molecule has 0 aliphatic heterocycles. The first-order valence-electron chi connectivity index (χ1n) is 4.10. The lowest BCUT2D eigenvalue weighted by Crippen LogP contribution is -2.30. The van der Waals surface area contributed by atoms with Gasteiger partial charge < -0.3 is 5.11 Å². The SMILES string of the molecule is [CH2]c1ccc(C(=O)C(C)(C)O)cc1. The van der Waals surface area contributed by atoms with Crippen molar-refractivity contribution in [3.63, 3.8) is 0 Å². The average molecular weight is 177 g/mol. The number of hydrogen-bond donors (Lipinski definition) is 1. The van der Waals surface area contributed by atoms with Crippen LogP contribution in [0.3, 0.4) is 0 Å². The van der Waals surface area contributed by atoms with E-state index in [1.807, 2.05) is 0 Å². The van der Waals surface area contributed by atoms with Gasteiger partial charge in [0.05, 0.1) is 0 Å². The van der Waals surface area contributed by atoms with E-state index in [0.29, 0.717) is 5.56 Å². The maximum Gasteiger partial charge on any atom is 0.193 e. The summed E-state index contributed by atoms with van der Waals surface area (Å²) in [4.78, 5) is 11.5. The highest BCUT2D eigenvalue weighted by Gasteiger charge is 2.24. The predicted octanol–water partition coefficient (Wildman–Crippen LogP) is 1.82. The van der Waals surface area contributed by atoms with Crippen LogP contribution in [0.2, 0.25) is 0 Å². The van der Waals surface area contributed by atoms with Crippen molar-refractivity contribution in [2.75, 3.05) is 0 Å². The zero-order valence-electron chi connectivity index (χ0n) is 7.87. The van der Waals surface area contributed by atoms with E-state index < -0.39 is 5.60 Å². The summed E-state index contributed by atoms with van der Waals surface area (Å²) in [6.07, 6.45) is 0. The van der Waals surface area contributed by atoms with Crippen LogP contribution in [0.4, 0.5) is 0 Å². The van der Waals surface area contributed by atoms with Crippen molar-refractivity contribution >= 4 is 5.78 Å². The molecular weight excluding hydrogens is 164 g/mol. The first-order chi connectivity index (χ1) is 5.91. The van der Waals surface area contributed by atoms with E-state index in [1.165, 1.54) is 13.8 Å². The molecule has 0 spiro atoms. The van der Waals surface area contributed by atoms with Gasteiger partial charge in [-0.15, -0.1) is 0 Å². The number of hydrogen-bond acceptors (Lipinski definition) is 2. The second-order valence-electron chi connectivity index (χ2n) is 3.59. The van der Waals surface area contributed by atoms with Crippen molar-refractivity contribution in [2.45, 2.75) is 19.4 Å². The van der Waals surface area contributed by atoms with Crippen molar-refractivity contribution in [3.8, 4) is 0 Å². The zero-order chi connectivity index (χ0) is 10.1. The van der Waals surface area contributed by atoms with Gasteiger partial charge in [-0.05, 0) is 26.3 Å². The molecule has 0 fully saturated rings. The molecule has 0 aliphatic rings. The molecule has 1 aromatic carbocycles. The van der Waals surface area contributed by atoms with Crippen molar-refractivity contribution in [1.82, 2.24) is 0 Å². The zero-order valence-corrected chi connectivity index (χ0v) is 7.87.